The van der Waals surface area contributed by atoms with Crippen LogP contribution in [0.4, 0.5) is 4.39 Å². The van der Waals surface area contributed by atoms with E-state index < -0.39 is 5.25 Å². The smallest absolute Gasteiger partial charge is 0.233 e. The molecular weight excluding hydrogens is 353 g/mol. The molecule has 0 fully saturated rings. The van der Waals surface area contributed by atoms with E-state index in [0.717, 1.165) is 5.56 Å². The molecule has 1 aromatic heterocycles. The maximum Gasteiger partial charge on any atom is 0.233 e. The highest BCUT2D eigenvalue weighted by Crippen LogP contribution is 2.25. The van der Waals surface area contributed by atoms with Crippen molar-refractivity contribution in [3.63, 3.8) is 0 Å². The van der Waals surface area contributed by atoms with Crippen LogP contribution in [-0.4, -0.2) is 26.0 Å². The van der Waals surface area contributed by atoms with E-state index in [1.54, 1.807) is 19.1 Å². The number of amides is 1. The number of nitrogen functional groups attached to an aromatic ring is 1. The first-order valence-electron chi connectivity index (χ1n) is 7.99. The van der Waals surface area contributed by atoms with Crippen LogP contribution < -0.4 is 11.2 Å². The van der Waals surface area contributed by atoms with Crippen molar-refractivity contribution in [3.05, 3.63) is 66.0 Å². The zero-order chi connectivity index (χ0) is 18.5. The van der Waals surface area contributed by atoms with Crippen LogP contribution >= 0.6 is 11.8 Å². The van der Waals surface area contributed by atoms with Crippen molar-refractivity contribution < 1.29 is 9.18 Å². The van der Waals surface area contributed by atoms with E-state index in [1.807, 2.05) is 30.3 Å². The summed E-state index contributed by atoms with van der Waals surface area (Å²) in [5.41, 5.74) is 1.54. The molecule has 1 amide bonds. The fraction of sp³-hybridized carbons (Fsp3) is 0.167. The van der Waals surface area contributed by atoms with Crippen LogP contribution in [0.1, 0.15) is 12.5 Å². The van der Waals surface area contributed by atoms with Crippen molar-refractivity contribution in [2.24, 2.45) is 0 Å². The van der Waals surface area contributed by atoms with Gasteiger partial charge in [0.15, 0.2) is 5.82 Å². The third-order valence-electron chi connectivity index (χ3n) is 3.71. The molecule has 0 saturated heterocycles. The molecular formula is C18H18FN5OS. The average molecular weight is 371 g/mol. The van der Waals surface area contributed by atoms with Gasteiger partial charge in [-0.25, -0.2) is 9.07 Å². The predicted molar refractivity (Wildman–Crippen MR) is 99.2 cm³/mol. The maximum atomic E-state index is 13.4. The van der Waals surface area contributed by atoms with Crippen molar-refractivity contribution in [2.45, 2.75) is 23.9 Å². The molecule has 26 heavy (non-hydrogen) atoms. The van der Waals surface area contributed by atoms with Crippen LogP contribution in [0.25, 0.3) is 11.4 Å². The van der Waals surface area contributed by atoms with Crippen LogP contribution in [0.15, 0.2) is 59.8 Å². The van der Waals surface area contributed by atoms with Gasteiger partial charge >= 0.3 is 0 Å². The molecule has 2 aromatic carbocycles. The lowest BCUT2D eigenvalue weighted by atomic mass is 10.2. The second-order valence-corrected chi connectivity index (χ2v) is 6.96. The van der Waals surface area contributed by atoms with Crippen molar-refractivity contribution in [2.75, 3.05) is 5.84 Å². The van der Waals surface area contributed by atoms with E-state index in [9.17, 15) is 9.18 Å². The summed E-state index contributed by atoms with van der Waals surface area (Å²) in [6.07, 6.45) is 0. The van der Waals surface area contributed by atoms with E-state index in [4.69, 9.17) is 5.84 Å². The van der Waals surface area contributed by atoms with Gasteiger partial charge in [0.1, 0.15) is 5.82 Å². The van der Waals surface area contributed by atoms with Crippen LogP contribution in [0.3, 0.4) is 0 Å². The van der Waals surface area contributed by atoms with Gasteiger partial charge in [-0.2, -0.15) is 0 Å². The molecule has 0 aliphatic carbocycles. The summed E-state index contributed by atoms with van der Waals surface area (Å²) >= 11 is 1.19. The Morgan fingerprint density at radius 3 is 2.73 bits per heavy atom. The summed E-state index contributed by atoms with van der Waals surface area (Å²) in [6, 6.07) is 15.6. The van der Waals surface area contributed by atoms with Gasteiger partial charge in [0, 0.05) is 12.1 Å². The SMILES string of the molecule is CC(Sc1nnc(-c2cccc(F)c2)n1N)C(=O)NCc1ccccc1. The van der Waals surface area contributed by atoms with Gasteiger partial charge in [0.05, 0.1) is 5.25 Å². The van der Waals surface area contributed by atoms with Crippen LogP contribution in [-0.2, 0) is 11.3 Å². The lowest BCUT2D eigenvalue weighted by Gasteiger charge is -2.11. The summed E-state index contributed by atoms with van der Waals surface area (Å²) in [7, 11) is 0. The summed E-state index contributed by atoms with van der Waals surface area (Å²) in [5.74, 6) is 5.84. The second kappa shape index (κ2) is 8.01. The summed E-state index contributed by atoms with van der Waals surface area (Å²) in [6.45, 7) is 2.22. The Kier molecular flexibility index (Phi) is 5.52. The number of carbonyl (C=O) groups excluding carboxylic acids is 1. The third-order valence-corrected chi connectivity index (χ3v) is 4.77. The number of aromatic nitrogens is 3. The zero-order valence-electron chi connectivity index (χ0n) is 14.1. The number of benzene rings is 2. The van der Waals surface area contributed by atoms with Gasteiger partial charge in [0.25, 0.3) is 0 Å². The van der Waals surface area contributed by atoms with Crippen LogP contribution in [0.5, 0.6) is 0 Å². The molecule has 0 aliphatic heterocycles. The number of nitrogens with one attached hydrogen (secondary N) is 1. The summed E-state index contributed by atoms with van der Waals surface area (Å²) in [5, 5.41) is 10.9. The minimum atomic E-state index is -0.412. The fourth-order valence-electron chi connectivity index (χ4n) is 2.32. The first-order valence-corrected chi connectivity index (χ1v) is 8.87. The Hall–Kier alpha value is -2.87. The Morgan fingerprint density at radius 1 is 1.23 bits per heavy atom. The molecule has 1 heterocycles. The third kappa shape index (κ3) is 4.20. The molecule has 1 unspecified atom stereocenters. The maximum absolute atomic E-state index is 13.4. The number of hydrogen-bond donors (Lipinski definition) is 2. The molecule has 3 aromatic rings. The topological polar surface area (TPSA) is 85.8 Å². The molecule has 134 valence electrons. The predicted octanol–water partition coefficient (Wildman–Crippen LogP) is 2.60. The van der Waals surface area contributed by atoms with Gasteiger partial charge in [0.2, 0.25) is 11.1 Å². The van der Waals surface area contributed by atoms with Gasteiger partial charge in [-0.1, -0.05) is 54.2 Å². The number of nitrogens with two attached hydrogens (primary N) is 1. The fourth-order valence-corrected chi connectivity index (χ4v) is 3.12. The molecule has 3 N–H and O–H groups in total. The standard InChI is InChI=1S/C18H18FN5OS/c1-12(17(25)21-11-13-6-3-2-4-7-13)26-18-23-22-16(24(18)20)14-8-5-9-15(19)10-14/h2-10,12H,11,20H2,1H3,(H,21,25). The Balaban J connectivity index is 1.64. The molecule has 0 bridgehead atoms. The van der Waals surface area contributed by atoms with Crippen LogP contribution in [0, 0.1) is 5.82 Å². The molecule has 8 heteroatoms. The normalized spacial score (nSPS) is 11.9. The van der Waals surface area contributed by atoms with Gasteiger partial charge in [-0.15, -0.1) is 10.2 Å². The average Bonchev–Trinajstić information content (AvgIpc) is 3.01. The molecule has 0 radical (unpaired) electrons. The van der Waals surface area contributed by atoms with Crippen molar-refractivity contribution >= 4 is 17.7 Å². The lowest BCUT2D eigenvalue weighted by Crippen LogP contribution is -2.30. The molecule has 0 saturated carbocycles. The van der Waals surface area contributed by atoms with Gasteiger partial charge in [-0.05, 0) is 24.6 Å². The first-order chi connectivity index (χ1) is 12.5. The highest BCUT2D eigenvalue weighted by Gasteiger charge is 2.20. The van der Waals surface area contributed by atoms with E-state index in [1.165, 1.54) is 28.6 Å². The number of carbonyl (C=O) groups is 1. The summed E-state index contributed by atoms with van der Waals surface area (Å²) in [4.78, 5) is 12.3. The van der Waals surface area contributed by atoms with E-state index >= 15 is 0 Å². The monoisotopic (exact) mass is 371 g/mol. The second-order valence-electron chi connectivity index (χ2n) is 5.65. The molecule has 0 spiro atoms. The molecule has 1 atom stereocenters. The molecule has 0 aliphatic rings. The van der Waals surface area contributed by atoms with E-state index in [-0.39, 0.29) is 11.7 Å². The molecule has 6 nitrogen and oxygen atoms in total. The lowest BCUT2D eigenvalue weighted by molar-refractivity contribution is -0.120. The number of rotatable bonds is 6. The van der Waals surface area contributed by atoms with Gasteiger partial charge < -0.3 is 11.2 Å². The number of nitrogens with zero attached hydrogens (tertiary/aromatic N) is 3. The largest absolute Gasteiger partial charge is 0.351 e. The Morgan fingerprint density at radius 2 is 2.00 bits per heavy atom. The quantitative estimate of drug-likeness (QED) is 0.514. The summed E-state index contributed by atoms with van der Waals surface area (Å²) < 4.78 is 14.6. The Bertz CT molecular complexity index is 900. The number of halogens is 1. The van der Waals surface area contributed by atoms with E-state index in [0.29, 0.717) is 23.1 Å². The van der Waals surface area contributed by atoms with Gasteiger partial charge in [-0.3, -0.25) is 4.79 Å². The number of hydrogen-bond acceptors (Lipinski definition) is 5. The van der Waals surface area contributed by atoms with E-state index in [2.05, 4.69) is 15.5 Å². The zero-order valence-corrected chi connectivity index (χ0v) is 14.9. The minimum Gasteiger partial charge on any atom is -0.351 e. The van der Waals surface area contributed by atoms with Crippen LogP contribution in [0.2, 0.25) is 0 Å². The minimum absolute atomic E-state index is 0.130. The van der Waals surface area contributed by atoms with Crippen molar-refractivity contribution in [1.29, 1.82) is 0 Å². The highest BCUT2D eigenvalue weighted by molar-refractivity contribution is 8.00. The first kappa shape index (κ1) is 17.9. The highest BCUT2D eigenvalue weighted by atomic mass is 32.2. The number of thioether (sulfide) groups is 1. The van der Waals surface area contributed by atoms with Crippen molar-refractivity contribution in [3.8, 4) is 11.4 Å². The molecule has 3 rings (SSSR count). The Labute approximate surface area is 154 Å². The van der Waals surface area contributed by atoms with Crippen molar-refractivity contribution in [1.82, 2.24) is 20.2 Å².